The van der Waals surface area contributed by atoms with E-state index in [9.17, 15) is 4.39 Å². The molecule has 1 heterocycles. The van der Waals surface area contributed by atoms with E-state index >= 15 is 0 Å². The van der Waals surface area contributed by atoms with Crippen LogP contribution in [0.5, 0.6) is 0 Å². The van der Waals surface area contributed by atoms with Crippen LogP contribution in [0.2, 0.25) is 0 Å². The van der Waals surface area contributed by atoms with E-state index in [0.29, 0.717) is 12.2 Å². The van der Waals surface area contributed by atoms with Gasteiger partial charge in [-0.1, -0.05) is 25.1 Å². The van der Waals surface area contributed by atoms with Crippen molar-refractivity contribution in [1.29, 1.82) is 5.26 Å². The number of rotatable bonds is 3. The van der Waals surface area contributed by atoms with Crippen LogP contribution in [0, 0.1) is 17.1 Å². The van der Waals surface area contributed by atoms with Crippen LogP contribution < -0.4 is 0 Å². The van der Waals surface area contributed by atoms with Gasteiger partial charge in [0, 0.05) is 0 Å². The summed E-state index contributed by atoms with van der Waals surface area (Å²) in [5.41, 5.74) is 3.65. The van der Waals surface area contributed by atoms with Gasteiger partial charge in [0.1, 0.15) is 11.9 Å². The molecule has 0 fully saturated rings. The van der Waals surface area contributed by atoms with Crippen LogP contribution in [-0.4, -0.2) is 25.5 Å². The van der Waals surface area contributed by atoms with Gasteiger partial charge in [0.25, 0.3) is 0 Å². The Balaban J connectivity index is 0.000000301. The number of hydrogen-bond donors (Lipinski definition) is 0. The van der Waals surface area contributed by atoms with Crippen molar-refractivity contribution in [2.24, 2.45) is 0 Å². The number of nitriles is 1. The van der Waals surface area contributed by atoms with E-state index in [2.05, 4.69) is 32.0 Å². The van der Waals surface area contributed by atoms with Crippen LogP contribution in [0.1, 0.15) is 41.7 Å². The summed E-state index contributed by atoms with van der Waals surface area (Å²) in [5, 5.41) is 8.85. The summed E-state index contributed by atoms with van der Waals surface area (Å²) in [4.78, 5) is 2.18. The molecule has 3 nitrogen and oxygen atoms in total. The molecular weight excluding hydrogens is 303 g/mol. The summed E-state index contributed by atoms with van der Waals surface area (Å²) in [6, 6.07) is 14.0. The summed E-state index contributed by atoms with van der Waals surface area (Å²) >= 11 is 0. The van der Waals surface area contributed by atoms with Gasteiger partial charge in [-0.2, -0.15) is 5.26 Å². The van der Waals surface area contributed by atoms with Gasteiger partial charge in [-0.3, -0.25) is 0 Å². The van der Waals surface area contributed by atoms with Crippen molar-refractivity contribution < 1.29 is 9.13 Å². The first-order valence-corrected chi connectivity index (χ1v) is 8.10. The number of hydrogen-bond acceptors (Lipinski definition) is 3. The monoisotopic (exact) mass is 326 g/mol. The second-order valence-corrected chi connectivity index (χ2v) is 6.07. The second-order valence-electron chi connectivity index (χ2n) is 6.07. The molecule has 1 aliphatic heterocycles. The maximum Gasteiger partial charge on any atom is 0.123 e. The quantitative estimate of drug-likeness (QED) is 0.845. The van der Waals surface area contributed by atoms with Gasteiger partial charge in [-0.25, -0.2) is 4.39 Å². The Morgan fingerprint density at radius 1 is 1.21 bits per heavy atom. The molecule has 1 atom stereocenters. The highest BCUT2D eigenvalue weighted by molar-refractivity contribution is 5.44. The number of halogens is 1. The third kappa shape index (κ3) is 4.64. The van der Waals surface area contributed by atoms with Crippen molar-refractivity contribution in [2.45, 2.75) is 26.1 Å². The molecule has 0 saturated carbocycles. The fourth-order valence-electron chi connectivity index (χ4n) is 2.68. The lowest BCUT2D eigenvalue weighted by Crippen LogP contribution is -2.11. The van der Waals surface area contributed by atoms with Crippen molar-refractivity contribution in [3.8, 4) is 6.07 Å². The molecule has 0 N–H and O–H groups in total. The number of benzene rings is 2. The molecular formula is C20H23FN2O. The number of nitrogens with zero attached hydrogens (tertiary/aromatic N) is 2. The lowest BCUT2D eigenvalue weighted by molar-refractivity contribution is 0.0939. The maximum atomic E-state index is 12.9. The molecule has 1 aliphatic rings. The third-order valence-electron chi connectivity index (χ3n) is 3.80. The zero-order valence-electron chi connectivity index (χ0n) is 14.4. The van der Waals surface area contributed by atoms with Gasteiger partial charge in [-0.15, -0.1) is 0 Å². The Labute approximate surface area is 143 Å². The average Bonchev–Trinajstić information content (AvgIpc) is 2.99. The number of ether oxygens (including phenoxy) is 1. The largest absolute Gasteiger partial charge is 0.364 e. The van der Waals surface area contributed by atoms with E-state index in [1.54, 1.807) is 18.2 Å². The molecule has 2 aromatic rings. The van der Waals surface area contributed by atoms with Crippen LogP contribution in [0.15, 0.2) is 42.5 Å². The van der Waals surface area contributed by atoms with Crippen LogP contribution in [0.3, 0.4) is 0 Å². The maximum absolute atomic E-state index is 12.9. The van der Waals surface area contributed by atoms with Crippen LogP contribution >= 0.6 is 0 Å². The molecule has 3 rings (SSSR count). The fourth-order valence-corrected chi connectivity index (χ4v) is 2.68. The molecule has 0 amide bonds. The van der Waals surface area contributed by atoms with E-state index in [4.69, 9.17) is 10.00 Å². The zero-order valence-corrected chi connectivity index (χ0v) is 14.4. The Kier molecular flexibility index (Phi) is 6.48. The van der Waals surface area contributed by atoms with Crippen LogP contribution in [-0.2, 0) is 11.3 Å². The van der Waals surface area contributed by atoms with E-state index in [0.717, 1.165) is 16.7 Å². The second kappa shape index (κ2) is 8.58. The topological polar surface area (TPSA) is 36.3 Å². The molecule has 24 heavy (non-hydrogen) atoms. The minimum absolute atomic E-state index is 0.159. The normalized spacial score (nSPS) is 15.4. The van der Waals surface area contributed by atoms with E-state index < -0.39 is 0 Å². The van der Waals surface area contributed by atoms with Gasteiger partial charge in [0.2, 0.25) is 0 Å². The number of fused-ring (bicyclic) bond motifs is 1. The average molecular weight is 326 g/mol. The lowest BCUT2D eigenvalue weighted by Gasteiger charge is -2.11. The van der Waals surface area contributed by atoms with E-state index in [1.165, 1.54) is 25.1 Å². The highest BCUT2D eigenvalue weighted by Gasteiger charge is 2.24. The predicted octanol–water partition coefficient (Wildman–Crippen LogP) is 4.27. The first kappa shape index (κ1) is 18.1. The van der Waals surface area contributed by atoms with Gasteiger partial charge in [-0.05, 0) is 68.0 Å². The molecule has 126 valence electrons. The molecule has 0 radical (unpaired) electrons. The fraction of sp³-hybridized carbons (Fsp3) is 0.350. The van der Waals surface area contributed by atoms with Gasteiger partial charge in [0.15, 0.2) is 0 Å². The smallest absolute Gasteiger partial charge is 0.123 e. The van der Waals surface area contributed by atoms with Crippen molar-refractivity contribution in [1.82, 2.24) is 4.90 Å². The minimum Gasteiger partial charge on any atom is -0.364 e. The Hall–Kier alpha value is -2.22. The summed E-state index contributed by atoms with van der Waals surface area (Å²) in [6.07, 6.45) is 1.10. The van der Waals surface area contributed by atoms with Crippen molar-refractivity contribution >= 4 is 0 Å². The molecule has 0 aliphatic carbocycles. The van der Waals surface area contributed by atoms with Crippen molar-refractivity contribution in [2.75, 3.05) is 20.6 Å². The summed E-state index contributed by atoms with van der Waals surface area (Å²) < 4.78 is 18.6. The molecule has 0 aromatic heterocycles. The van der Waals surface area contributed by atoms with E-state index in [-0.39, 0.29) is 11.9 Å². The van der Waals surface area contributed by atoms with E-state index in [1.807, 2.05) is 12.1 Å². The standard InChI is InChI=1S/C15H10FNO.C5H13N/c16-13-4-2-11(3-5-13)15-14-6-1-10(8-17)7-12(14)9-18-15;1-4-5-6(2)3/h1-7,15H,9H2;4-5H2,1-3H3/t15-;/m0./s1. The molecule has 0 bridgehead atoms. The first-order chi connectivity index (χ1) is 11.5. The summed E-state index contributed by atoms with van der Waals surface area (Å²) in [7, 11) is 4.17. The van der Waals surface area contributed by atoms with Gasteiger partial charge in [0.05, 0.1) is 18.2 Å². The molecule has 2 aromatic carbocycles. The van der Waals surface area contributed by atoms with Crippen molar-refractivity contribution in [3.63, 3.8) is 0 Å². The molecule has 0 unspecified atom stereocenters. The van der Waals surface area contributed by atoms with Crippen LogP contribution in [0.25, 0.3) is 0 Å². The van der Waals surface area contributed by atoms with Crippen molar-refractivity contribution in [3.05, 3.63) is 70.5 Å². The SMILES string of the molecule is CCCN(C)C.N#Cc1ccc2c(c1)CO[C@H]2c1ccc(F)cc1. The minimum atomic E-state index is -0.253. The Morgan fingerprint density at radius 2 is 1.92 bits per heavy atom. The zero-order chi connectivity index (χ0) is 17.5. The Bertz CT molecular complexity index is 705. The summed E-state index contributed by atoms with van der Waals surface area (Å²) in [5.74, 6) is -0.253. The van der Waals surface area contributed by atoms with Gasteiger partial charge >= 0.3 is 0 Å². The van der Waals surface area contributed by atoms with Crippen LogP contribution in [0.4, 0.5) is 4.39 Å². The van der Waals surface area contributed by atoms with Gasteiger partial charge < -0.3 is 9.64 Å². The third-order valence-corrected chi connectivity index (χ3v) is 3.80. The molecule has 0 spiro atoms. The predicted molar refractivity (Wildman–Crippen MR) is 93.0 cm³/mol. The Morgan fingerprint density at radius 3 is 2.46 bits per heavy atom. The molecule has 4 heteroatoms. The first-order valence-electron chi connectivity index (χ1n) is 8.10. The molecule has 0 saturated heterocycles. The lowest BCUT2D eigenvalue weighted by atomic mass is 9.98. The summed E-state index contributed by atoms with van der Waals surface area (Å²) in [6.45, 7) is 3.88. The highest BCUT2D eigenvalue weighted by Crippen LogP contribution is 2.36. The highest BCUT2D eigenvalue weighted by atomic mass is 19.1.